The summed E-state index contributed by atoms with van der Waals surface area (Å²) in [5.41, 5.74) is 0.351. The lowest BCUT2D eigenvalue weighted by atomic mass is 10.2. The van der Waals surface area contributed by atoms with Crippen LogP contribution < -0.4 is 10.9 Å². The van der Waals surface area contributed by atoms with E-state index in [-0.39, 0.29) is 29.7 Å². The molecule has 0 aliphatic rings. The Kier molecular flexibility index (Phi) is 6.88. The van der Waals surface area contributed by atoms with Crippen molar-refractivity contribution in [2.45, 2.75) is 32.6 Å². The summed E-state index contributed by atoms with van der Waals surface area (Å²) in [6.45, 7) is 5.95. The number of rotatable bonds is 8. The fraction of sp³-hybridized carbons (Fsp3) is 0.350. The van der Waals surface area contributed by atoms with Crippen molar-refractivity contribution in [2.24, 2.45) is 0 Å². The largest absolute Gasteiger partial charge is 0.360 e. The first kappa shape index (κ1) is 21.6. The highest BCUT2D eigenvalue weighted by Crippen LogP contribution is 2.16. The topological polar surface area (TPSA) is 121 Å². The van der Waals surface area contributed by atoms with Crippen LogP contribution in [0.25, 0.3) is 10.9 Å². The van der Waals surface area contributed by atoms with Gasteiger partial charge in [-0.15, -0.1) is 11.8 Å². The molecule has 0 spiro atoms. The molecule has 0 aliphatic carbocycles. The molecule has 30 heavy (non-hydrogen) atoms. The molecule has 0 saturated heterocycles. The van der Waals surface area contributed by atoms with Crippen molar-refractivity contribution in [1.29, 1.82) is 0 Å². The average Bonchev–Trinajstić information content (AvgIpc) is 3.14. The minimum atomic E-state index is -0.455. The molecule has 1 aromatic carbocycles. The van der Waals surface area contributed by atoms with Gasteiger partial charge in [0.1, 0.15) is 11.6 Å². The lowest BCUT2D eigenvalue weighted by Crippen LogP contribution is -2.34. The number of nitrogens with zero attached hydrogens (tertiary/aromatic N) is 3. The van der Waals surface area contributed by atoms with E-state index in [0.717, 1.165) is 0 Å². The van der Waals surface area contributed by atoms with Crippen molar-refractivity contribution in [2.75, 3.05) is 17.6 Å². The summed E-state index contributed by atoms with van der Waals surface area (Å²) >= 11 is 1.22. The van der Waals surface area contributed by atoms with Gasteiger partial charge in [0.05, 0.1) is 28.5 Å². The summed E-state index contributed by atoms with van der Waals surface area (Å²) in [6, 6.07) is 8.68. The number of thioether (sulfide) groups is 1. The van der Waals surface area contributed by atoms with Gasteiger partial charge in [0.2, 0.25) is 11.8 Å². The van der Waals surface area contributed by atoms with Crippen LogP contribution in [0.15, 0.2) is 39.6 Å². The number of fused-ring (bicyclic) bond motifs is 1. The predicted molar refractivity (Wildman–Crippen MR) is 115 cm³/mol. The molecule has 0 unspecified atom stereocenters. The highest BCUT2D eigenvalue weighted by atomic mass is 32.2. The van der Waals surface area contributed by atoms with E-state index in [1.54, 1.807) is 43.0 Å². The fourth-order valence-electron chi connectivity index (χ4n) is 2.78. The molecule has 0 aliphatic heterocycles. The molecule has 1 atom stereocenters. The first-order chi connectivity index (χ1) is 14.4. The number of amides is 2. The average molecular weight is 430 g/mol. The van der Waals surface area contributed by atoms with Gasteiger partial charge in [0.25, 0.3) is 5.56 Å². The zero-order valence-electron chi connectivity index (χ0n) is 17.0. The third-order valence-electron chi connectivity index (χ3n) is 4.44. The SMILES string of the molecule is CCN(Cc1nc2ccccc2c(=O)[nH]1)C(=O)CS[C@@H](C)C(=O)Nc1cc(C)on1. The van der Waals surface area contributed by atoms with Crippen LogP contribution in [0.3, 0.4) is 0 Å². The van der Waals surface area contributed by atoms with Crippen molar-refractivity contribution < 1.29 is 14.1 Å². The zero-order chi connectivity index (χ0) is 21.7. The van der Waals surface area contributed by atoms with Gasteiger partial charge in [-0.1, -0.05) is 17.3 Å². The highest BCUT2D eigenvalue weighted by molar-refractivity contribution is 8.01. The Balaban J connectivity index is 1.58. The van der Waals surface area contributed by atoms with Gasteiger partial charge in [-0.3, -0.25) is 14.4 Å². The molecular weight excluding hydrogens is 406 g/mol. The summed E-state index contributed by atoms with van der Waals surface area (Å²) in [7, 11) is 0. The van der Waals surface area contributed by atoms with Crippen LogP contribution in [-0.4, -0.2) is 49.4 Å². The molecule has 0 radical (unpaired) electrons. The maximum absolute atomic E-state index is 12.6. The van der Waals surface area contributed by atoms with Crippen molar-refractivity contribution in [3.05, 3.63) is 52.3 Å². The molecule has 10 heteroatoms. The third kappa shape index (κ3) is 5.26. The molecule has 158 valence electrons. The quantitative estimate of drug-likeness (QED) is 0.564. The number of hydrogen-bond donors (Lipinski definition) is 2. The van der Waals surface area contributed by atoms with E-state index < -0.39 is 5.25 Å². The lowest BCUT2D eigenvalue weighted by molar-refractivity contribution is -0.128. The summed E-state index contributed by atoms with van der Waals surface area (Å²) in [6.07, 6.45) is 0. The normalized spacial score (nSPS) is 12.0. The maximum Gasteiger partial charge on any atom is 0.258 e. The van der Waals surface area contributed by atoms with E-state index >= 15 is 0 Å². The second kappa shape index (κ2) is 9.57. The Bertz CT molecular complexity index is 1110. The van der Waals surface area contributed by atoms with E-state index in [1.807, 2.05) is 13.0 Å². The third-order valence-corrected chi connectivity index (χ3v) is 5.57. The number of para-hydroxylation sites is 1. The van der Waals surface area contributed by atoms with Gasteiger partial charge in [-0.25, -0.2) is 4.98 Å². The second-order valence-electron chi connectivity index (χ2n) is 6.70. The number of anilines is 1. The predicted octanol–water partition coefficient (Wildman–Crippen LogP) is 2.33. The van der Waals surface area contributed by atoms with Crippen molar-refractivity contribution >= 4 is 40.3 Å². The Morgan fingerprint density at radius 2 is 2.10 bits per heavy atom. The van der Waals surface area contributed by atoms with Gasteiger partial charge in [0.15, 0.2) is 5.82 Å². The summed E-state index contributed by atoms with van der Waals surface area (Å²) in [5, 5.41) is 6.43. The van der Waals surface area contributed by atoms with Gasteiger partial charge in [0, 0.05) is 12.6 Å². The smallest absolute Gasteiger partial charge is 0.258 e. The fourth-order valence-corrected chi connectivity index (χ4v) is 3.57. The van der Waals surface area contributed by atoms with Gasteiger partial charge < -0.3 is 19.7 Å². The number of aromatic amines is 1. The van der Waals surface area contributed by atoms with E-state index in [9.17, 15) is 14.4 Å². The molecule has 0 bridgehead atoms. The molecule has 2 N–H and O–H groups in total. The number of hydrogen-bond acceptors (Lipinski definition) is 7. The van der Waals surface area contributed by atoms with Gasteiger partial charge in [-0.2, -0.15) is 0 Å². The number of aryl methyl sites for hydroxylation is 1. The molecular formula is C20H23N5O4S. The molecule has 9 nitrogen and oxygen atoms in total. The van der Waals surface area contributed by atoms with Crippen LogP contribution in [0.1, 0.15) is 25.4 Å². The molecule has 3 rings (SSSR count). The minimum absolute atomic E-state index is 0.123. The van der Waals surface area contributed by atoms with Crippen LogP contribution in [0.4, 0.5) is 5.82 Å². The maximum atomic E-state index is 12.6. The number of carbonyl (C=O) groups excluding carboxylic acids is 2. The lowest BCUT2D eigenvalue weighted by Gasteiger charge is -2.21. The van der Waals surface area contributed by atoms with Crippen LogP contribution in [0.2, 0.25) is 0 Å². The monoisotopic (exact) mass is 429 g/mol. The summed E-state index contributed by atoms with van der Waals surface area (Å²) in [5.74, 6) is 1.08. The van der Waals surface area contributed by atoms with Crippen LogP contribution >= 0.6 is 11.8 Å². The molecule has 2 heterocycles. The van der Waals surface area contributed by atoms with E-state index in [1.165, 1.54) is 11.8 Å². The van der Waals surface area contributed by atoms with Crippen LogP contribution in [0, 0.1) is 6.92 Å². The van der Waals surface area contributed by atoms with E-state index in [2.05, 4.69) is 20.4 Å². The summed E-state index contributed by atoms with van der Waals surface area (Å²) < 4.78 is 4.92. The molecule has 2 amide bonds. The first-order valence-corrected chi connectivity index (χ1v) is 10.5. The Hall–Kier alpha value is -3.14. The van der Waals surface area contributed by atoms with Gasteiger partial charge >= 0.3 is 0 Å². The Morgan fingerprint density at radius 3 is 2.80 bits per heavy atom. The standard InChI is InChI=1S/C20H23N5O4S/c1-4-25(10-17-21-15-8-6-5-7-14(15)20(28)23-17)18(26)11-30-13(3)19(27)22-16-9-12(2)29-24-16/h5-9,13H,4,10-11H2,1-3H3,(H,21,23,28)(H,22,24,27)/t13-/m0/s1. The number of H-pyrrole nitrogens is 1. The van der Waals surface area contributed by atoms with Crippen LogP contribution in [0.5, 0.6) is 0 Å². The molecule has 2 aromatic heterocycles. The highest BCUT2D eigenvalue weighted by Gasteiger charge is 2.20. The Morgan fingerprint density at radius 1 is 1.33 bits per heavy atom. The molecule has 0 fully saturated rings. The van der Waals surface area contributed by atoms with Crippen LogP contribution in [-0.2, 0) is 16.1 Å². The minimum Gasteiger partial charge on any atom is -0.360 e. The number of aromatic nitrogens is 3. The summed E-state index contributed by atoms with van der Waals surface area (Å²) in [4.78, 5) is 45.9. The molecule has 0 saturated carbocycles. The van der Waals surface area contributed by atoms with E-state index in [0.29, 0.717) is 34.9 Å². The number of nitrogens with one attached hydrogen (secondary N) is 2. The van der Waals surface area contributed by atoms with Gasteiger partial charge in [-0.05, 0) is 32.9 Å². The molecule has 3 aromatic rings. The number of carbonyl (C=O) groups is 2. The zero-order valence-corrected chi connectivity index (χ0v) is 17.8. The van der Waals surface area contributed by atoms with E-state index in [4.69, 9.17) is 4.52 Å². The van der Waals surface area contributed by atoms with Crippen molar-refractivity contribution in [3.8, 4) is 0 Å². The first-order valence-electron chi connectivity index (χ1n) is 9.49. The van der Waals surface area contributed by atoms with Crippen molar-refractivity contribution in [1.82, 2.24) is 20.0 Å². The number of benzene rings is 1. The Labute approximate surface area is 177 Å². The second-order valence-corrected chi connectivity index (χ2v) is 8.03. The van der Waals surface area contributed by atoms with Crippen molar-refractivity contribution in [3.63, 3.8) is 0 Å².